The molecule has 2 atom stereocenters. The minimum absolute atomic E-state index is 0.0165. The average molecular weight is 536 g/mol. The molecule has 1 aliphatic heterocycles. The maximum atomic E-state index is 13.8. The molecule has 1 saturated carbocycles. The lowest BCUT2D eigenvalue weighted by atomic mass is 10.1. The molecule has 38 heavy (non-hydrogen) atoms. The number of hydrogen-bond acceptors (Lipinski definition) is 7. The number of halogens is 2. The molecule has 3 heterocycles. The first-order valence-electron chi connectivity index (χ1n) is 12.2. The first kappa shape index (κ1) is 24.5. The minimum Gasteiger partial charge on any atom is -0.351 e. The zero-order chi connectivity index (χ0) is 26.2. The summed E-state index contributed by atoms with van der Waals surface area (Å²) >= 11 is 6.41. The summed E-state index contributed by atoms with van der Waals surface area (Å²) in [7, 11) is 0. The highest BCUT2D eigenvalue weighted by molar-refractivity contribution is 6.33. The van der Waals surface area contributed by atoms with E-state index in [1.807, 2.05) is 0 Å². The molecule has 2 N–H and O–H groups in total. The summed E-state index contributed by atoms with van der Waals surface area (Å²) in [6.45, 7) is 0.232. The van der Waals surface area contributed by atoms with Crippen LogP contribution in [0.4, 0.5) is 10.3 Å². The average Bonchev–Trinajstić information content (AvgIpc) is 3.60. The van der Waals surface area contributed by atoms with Crippen molar-refractivity contribution >= 4 is 34.5 Å². The summed E-state index contributed by atoms with van der Waals surface area (Å²) in [6.07, 6.45) is 2.27. The maximum absolute atomic E-state index is 13.8. The Morgan fingerprint density at radius 3 is 2.66 bits per heavy atom. The van der Waals surface area contributed by atoms with Gasteiger partial charge in [0, 0.05) is 40.3 Å². The third-order valence-corrected chi connectivity index (χ3v) is 6.83. The first-order chi connectivity index (χ1) is 18.5. The number of nitrogens with one attached hydrogen (secondary N) is 2. The van der Waals surface area contributed by atoms with Crippen molar-refractivity contribution in [2.75, 3.05) is 18.7 Å². The molecule has 0 bridgehead atoms. The molecule has 9 nitrogen and oxygen atoms in total. The summed E-state index contributed by atoms with van der Waals surface area (Å²) in [5.74, 6) is -0.395. The number of ether oxygens (including phenoxy) is 2. The Hall–Kier alpha value is -3.86. The van der Waals surface area contributed by atoms with Crippen LogP contribution in [0.3, 0.4) is 0 Å². The Balaban J connectivity index is 1.36. The second-order valence-corrected chi connectivity index (χ2v) is 9.61. The van der Waals surface area contributed by atoms with Gasteiger partial charge in [-0.1, -0.05) is 29.8 Å². The predicted molar refractivity (Wildman–Crippen MR) is 140 cm³/mol. The topological polar surface area (TPSA) is 107 Å². The molecule has 194 valence electrons. The van der Waals surface area contributed by atoms with E-state index in [9.17, 15) is 14.0 Å². The van der Waals surface area contributed by atoms with Crippen LogP contribution in [0.15, 0.2) is 65.6 Å². The lowest BCUT2D eigenvalue weighted by molar-refractivity contribution is -0.130. The van der Waals surface area contributed by atoms with Crippen molar-refractivity contribution in [3.63, 3.8) is 0 Å². The van der Waals surface area contributed by atoms with Gasteiger partial charge in [-0.2, -0.15) is 4.98 Å². The highest BCUT2D eigenvalue weighted by atomic mass is 35.5. The van der Waals surface area contributed by atoms with Gasteiger partial charge in [-0.15, -0.1) is 0 Å². The van der Waals surface area contributed by atoms with Crippen LogP contribution in [0.2, 0.25) is 5.02 Å². The number of nitrogens with zero attached hydrogens (tertiary/aromatic N) is 3. The van der Waals surface area contributed by atoms with Gasteiger partial charge in [0.15, 0.2) is 11.8 Å². The van der Waals surface area contributed by atoms with Gasteiger partial charge in [0.25, 0.3) is 11.5 Å². The molecule has 11 heteroatoms. The standard InChI is InChI=1S/C27H23ClFN5O4/c28-21-4-2-1-3-19(21)20-11-15-12-30-27(31-13-22-23(38-14-37-22)25(35)32-17-7-8-17)33-24(15)34(26(20)36)18-9-5-16(29)6-10-18/h1-6,9-12,17,22-23H,7-8,13-14H2,(H,32,35)(H,30,31,33)/t22-,23+/m0/s1. The second kappa shape index (κ2) is 10.1. The van der Waals surface area contributed by atoms with Crippen LogP contribution < -0.4 is 16.2 Å². The molecule has 1 saturated heterocycles. The number of amides is 1. The number of carbonyl (C=O) groups excluding carboxylic acids is 1. The quantitative estimate of drug-likeness (QED) is 0.372. The van der Waals surface area contributed by atoms with Gasteiger partial charge in [-0.05, 0) is 49.2 Å². The molecule has 2 fully saturated rings. The SMILES string of the molecule is O=C(NC1CC1)[C@@H]1OCO[C@H]1CNc1ncc2cc(-c3ccccc3Cl)c(=O)n(-c3ccc(F)cc3)c2n1. The van der Waals surface area contributed by atoms with E-state index >= 15 is 0 Å². The largest absolute Gasteiger partial charge is 0.351 e. The molecule has 0 radical (unpaired) electrons. The number of benzene rings is 2. The lowest BCUT2D eigenvalue weighted by Crippen LogP contribution is -2.44. The fraction of sp³-hybridized carbons (Fsp3) is 0.259. The Labute approximate surface area is 221 Å². The van der Waals surface area contributed by atoms with Gasteiger partial charge in [0.05, 0.1) is 5.69 Å². The predicted octanol–water partition coefficient (Wildman–Crippen LogP) is 3.67. The van der Waals surface area contributed by atoms with Crippen LogP contribution in [0.25, 0.3) is 27.8 Å². The van der Waals surface area contributed by atoms with Crippen molar-refractivity contribution in [1.82, 2.24) is 19.9 Å². The molecule has 0 spiro atoms. The molecule has 4 aromatic rings. The number of hydrogen-bond donors (Lipinski definition) is 2. The first-order valence-corrected chi connectivity index (χ1v) is 12.6. The normalized spacial score (nSPS) is 19.0. The highest BCUT2D eigenvalue weighted by Gasteiger charge is 2.37. The number of fused-ring (bicyclic) bond motifs is 1. The molecular formula is C27H23ClFN5O4. The molecule has 2 aromatic carbocycles. The summed E-state index contributed by atoms with van der Waals surface area (Å²) in [6, 6.07) is 14.5. The smallest absolute Gasteiger partial charge is 0.264 e. The van der Waals surface area contributed by atoms with Crippen molar-refractivity contribution in [2.24, 2.45) is 0 Å². The summed E-state index contributed by atoms with van der Waals surface area (Å²) in [5.41, 5.74) is 1.31. The summed E-state index contributed by atoms with van der Waals surface area (Å²) < 4.78 is 26.2. The van der Waals surface area contributed by atoms with E-state index < -0.39 is 18.0 Å². The molecule has 2 aromatic heterocycles. The van der Waals surface area contributed by atoms with E-state index in [0.717, 1.165) is 12.8 Å². The molecule has 2 aliphatic rings. The highest BCUT2D eigenvalue weighted by Crippen LogP contribution is 2.28. The fourth-order valence-corrected chi connectivity index (χ4v) is 4.63. The van der Waals surface area contributed by atoms with Crippen LogP contribution in [0.1, 0.15) is 12.8 Å². The van der Waals surface area contributed by atoms with Crippen LogP contribution in [-0.4, -0.2) is 52.0 Å². The van der Waals surface area contributed by atoms with Crippen LogP contribution >= 0.6 is 11.6 Å². The lowest BCUT2D eigenvalue weighted by Gasteiger charge is -2.18. The fourth-order valence-electron chi connectivity index (χ4n) is 4.39. The number of pyridine rings is 1. The van der Waals surface area contributed by atoms with E-state index in [0.29, 0.717) is 32.9 Å². The zero-order valence-electron chi connectivity index (χ0n) is 20.1. The summed E-state index contributed by atoms with van der Waals surface area (Å²) in [5, 5.41) is 7.03. The number of rotatable bonds is 7. The maximum Gasteiger partial charge on any atom is 0.264 e. The Bertz CT molecular complexity index is 1570. The Morgan fingerprint density at radius 1 is 1.11 bits per heavy atom. The minimum atomic E-state index is -0.737. The van der Waals surface area contributed by atoms with Gasteiger partial charge in [-0.25, -0.2) is 9.37 Å². The van der Waals surface area contributed by atoms with E-state index in [1.165, 1.54) is 28.8 Å². The van der Waals surface area contributed by atoms with E-state index in [2.05, 4.69) is 20.6 Å². The van der Waals surface area contributed by atoms with Crippen molar-refractivity contribution in [1.29, 1.82) is 0 Å². The van der Waals surface area contributed by atoms with E-state index in [-0.39, 0.29) is 36.8 Å². The molecular weight excluding hydrogens is 513 g/mol. The summed E-state index contributed by atoms with van der Waals surface area (Å²) in [4.78, 5) is 35.2. The third-order valence-electron chi connectivity index (χ3n) is 6.50. The van der Waals surface area contributed by atoms with Crippen molar-refractivity contribution < 1.29 is 18.7 Å². The molecule has 1 amide bonds. The van der Waals surface area contributed by atoms with Crippen molar-refractivity contribution in [2.45, 2.75) is 31.1 Å². The zero-order valence-corrected chi connectivity index (χ0v) is 20.8. The van der Waals surface area contributed by atoms with Crippen molar-refractivity contribution in [3.05, 3.63) is 82.0 Å². The van der Waals surface area contributed by atoms with E-state index in [4.69, 9.17) is 21.1 Å². The van der Waals surface area contributed by atoms with E-state index in [1.54, 1.807) is 36.5 Å². The van der Waals surface area contributed by atoms with Crippen molar-refractivity contribution in [3.8, 4) is 16.8 Å². The second-order valence-electron chi connectivity index (χ2n) is 9.20. The van der Waals surface area contributed by atoms with Crippen LogP contribution in [0.5, 0.6) is 0 Å². The van der Waals surface area contributed by atoms with Gasteiger partial charge >= 0.3 is 0 Å². The Morgan fingerprint density at radius 2 is 1.89 bits per heavy atom. The van der Waals surface area contributed by atoms with Crippen LogP contribution in [0, 0.1) is 5.82 Å². The Kier molecular flexibility index (Phi) is 6.52. The molecule has 0 unspecified atom stereocenters. The number of anilines is 1. The van der Waals surface area contributed by atoms with Gasteiger partial charge in [-0.3, -0.25) is 14.2 Å². The van der Waals surface area contributed by atoms with Crippen LogP contribution in [-0.2, 0) is 14.3 Å². The number of carbonyl (C=O) groups is 1. The molecule has 6 rings (SSSR count). The monoisotopic (exact) mass is 535 g/mol. The third kappa shape index (κ3) is 4.85. The van der Waals surface area contributed by atoms with Gasteiger partial charge < -0.3 is 20.1 Å². The number of aromatic nitrogens is 3. The van der Waals surface area contributed by atoms with Gasteiger partial charge in [0.2, 0.25) is 5.95 Å². The molecule has 1 aliphatic carbocycles. The van der Waals surface area contributed by atoms with Gasteiger partial charge in [0.1, 0.15) is 18.7 Å².